The number of carbonyl (C=O) groups is 2. The maximum absolute atomic E-state index is 14.8. The average Bonchev–Trinajstić information content (AvgIpc) is 4.20. The Labute approximate surface area is 384 Å². The molecule has 66 heavy (non-hydrogen) atoms. The number of aromatic nitrogens is 2. The maximum atomic E-state index is 14.8. The highest BCUT2D eigenvalue weighted by molar-refractivity contribution is 6.46. The minimum absolute atomic E-state index is 0.200. The summed E-state index contributed by atoms with van der Waals surface area (Å²) in [6, 6.07) is 20.3. The first kappa shape index (κ1) is 35.2. The van der Waals surface area contributed by atoms with Gasteiger partial charge >= 0.3 is 0 Å². The third-order valence-electron chi connectivity index (χ3n) is 22.5. The highest BCUT2D eigenvalue weighted by atomic mass is 16.1. The zero-order chi connectivity index (χ0) is 42.4. The highest BCUT2D eigenvalue weighted by Gasteiger charge is 2.51. The molecule has 6 fully saturated rings. The quantitative estimate of drug-likeness (QED) is 0.152. The molecule has 21 rings (SSSR count). The van der Waals surface area contributed by atoms with E-state index < -0.39 is 0 Å². The molecule has 0 radical (unpaired) electrons. The van der Waals surface area contributed by atoms with Crippen LogP contribution in [0.4, 0.5) is 0 Å². The molecule has 4 aromatic heterocycles. The van der Waals surface area contributed by atoms with Crippen LogP contribution in [-0.2, 0) is 12.8 Å². The van der Waals surface area contributed by atoms with Gasteiger partial charge in [-0.3, -0.25) is 9.59 Å². The van der Waals surface area contributed by atoms with Crippen LogP contribution in [0, 0.1) is 34.5 Å². The zero-order valence-electron chi connectivity index (χ0n) is 38.1. The number of Topliss-reactive ketones (excluding diaryl/α,β-unsaturated/α-hetero) is 2. The summed E-state index contributed by atoms with van der Waals surface area (Å²) in [6.07, 6.45) is 24.3. The van der Waals surface area contributed by atoms with Crippen molar-refractivity contribution in [3.63, 3.8) is 0 Å². The fourth-order valence-electron chi connectivity index (χ4n) is 20.5. The van der Waals surface area contributed by atoms with E-state index >= 15 is 0 Å². The summed E-state index contributed by atoms with van der Waals surface area (Å²) in [5.74, 6) is 6.76. The number of fused-ring (bicyclic) bond motifs is 16. The van der Waals surface area contributed by atoms with Gasteiger partial charge in [-0.25, -0.2) is 0 Å². The van der Waals surface area contributed by atoms with Crippen LogP contribution in [-0.4, -0.2) is 20.4 Å². The molecule has 9 aromatic rings. The van der Waals surface area contributed by atoms with Gasteiger partial charge in [-0.05, 0) is 220 Å². The fourth-order valence-corrected chi connectivity index (χ4v) is 20.5. The van der Waals surface area contributed by atoms with Crippen molar-refractivity contribution >= 4 is 87.8 Å². The van der Waals surface area contributed by atoms with Gasteiger partial charge in [0, 0.05) is 65.0 Å². The van der Waals surface area contributed by atoms with E-state index in [2.05, 4.69) is 57.3 Å². The van der Waals surface area contributed by atoms with Gasteiger partial charge in [0.05, 0.1) is 33.1 Å². The molecule has 0 saturated heterocycles. The molecule has 0 aliphatic heterocycles. The summed E-state index contributed by atoms with van der Waals surface area (Å²) >= 11 is 0. The van der Waals surface area contributed by atoms with E-state index in [9.17, 15) is 9.59 Å². The Hall–Kier alpha value is -4.96. The molecule has 0 N–H and O–H groups in total. The number of rotatable bonds is 0. The third-order valence-corrected chi connectivity index (χ3v) is 22.5. The van der Waals surface area contributed by atoms with Gasteiger partial charge in [-0.2, -0.15) is 0 Å². The normalized spacial score (nSPS) is 31.9. The maximum Gasteiger partial charge on any atom is 0.169 e. The average molecular weight is 861 g/mol. The predicted octanol–water partition coefficient (Wildman–Crippen LogP) is 15.4. The van der Waals surface area contributed by atoms with Crippen molar-refractivity contribution in [1.82, 2.24) is 8.80 Å². The first-order valence-corrected chi connectivity index (χ1v) is 27.0. The molecule has 2 spiro atoms. The SMILES string of the molecule is O=C1c2cc3c(cc2CC12CCCC2)c1c2c4c5c(ccc4n4c6cc7c(cc6c(c6c8c9c(ccc8n3c16)C1CC3CC(C1)CC9C3)c24)CC1(CCCC1)C7=O)C1CC2CC(C1)CC5C2. The minimum Gasteiger partial charge on any atom is -0.308 e. The van der Waals surface area contributed by atoms with Crippen molar-refractivity contribution in [1.29, 1.82) is 0 Å². The Balaban J connectivity index is 1.06. The number of carbonyl (C=O) groups excluding carboxylic acids is 2. The summed E-state index contributed by atoms with van der Waals surface area (Å²) in [4.78, 5) is 29.6. The highest BCUT2D eigenvalue weighted by Crippen LogP contribution is 2.64. The predicted molar refractivity (Wildman–Crippen MR) is 265 cm³/mol. The molecule has 12 aliphatic rings. The van der Waals surface area contributed by atoms with E-state index in [0.29, 0.717) is 35.2 Å². The van der Waals surface area contributed by atoms with Crippen LogP contribution in [0.3, 0.4) is 0 Å². The molecule has 5 aromatic carbocycles. The topological polar surface area (TPSA) is 43.0 Å². The Morgan fingerprint density at radius 2 is 0.803 bits per heavy atom. The second kappa shape index (κ2) is 11.1. The van der Waals surface area contributed by atoms with E-state index in [0.717, 1.165) is 73.3 Å². The van der Waals surface area contributed by atoms with E-state index in [1.807, 2.05) is 0 Å². The van der Waals surface area contributed by atoms with Crippen LogP contribution in [0.15, 0.2) is 48.5 Å². The molecule has 326 valence electrons. The second-order valence-corrected chi connectivity index (χ2v) is 25.4. The summed E-state index contributed by atoms with van der Waals surface area (Å²) in [5, 5.41) is 11.7. The van der Waals surface area contributed by atoms with E-state index in [1.165, 1.54) is 177 Å². The number of ketones is 2. The molecule has 4 heteroatoms. The van der Waals surface area contributed by atoms with Crippen molar-refractivity contribution in [2.24, 2.45) is 34.5 Å². The lowest BCUT2D eigenvalue weighted by molar-refractivity contribution is 0.0821. The van der Waals surface area contributed by atoms with Crippen molar-refractivity contribution in [2.45, 2.75) is 152 Å². The first-order chi connectivity index (χ1) is 32.4. The lowest BCUT2D eigenvalue weighted by Crippen LogP contribution is -2.25. The number of hydrogen-bond donors (Lipinski definition) is 0. The first-order valence-electron chi connectivity index (χ1n) is 27.0. The summed E-state index contributed by atoms with van der Waals surface area (Å²) in [6.45, 7) is 0. The number of benzene rings is 5. The Morgan fingerprint density at radius 3 is 1.21 bits per heavy atom. The Morgan fingerprint density at radius 1 is 0.409 bits per heavy atom. The van der Waals surface area contributed by atoms with E-state index in [4.69, 9.17) is 0 Å². The van der Waals surface area contributed by atoms with Gasteiger partial charge in [-0.1, -0.05) is 37.8 Å². The van der Waals surface area contributed by atoms with Crippen LogP contribution in [0.25, 0.3) is 76.2 Å². The van der Waals surface area contributed by atoms with Crippen LogP contribution in [0.1, 0.15) is 193 Å². The Bertz CT molecular complexity index is 3560. The molecular weight excluding hydrogens is 805 g/mol. The molecule has 8 bridgehead atoms. The van der Waals surface area contributed by atoms with Crippen molar-refractivity contribution < 1.29 is 9.59 Å². The lowest BCUT2D eigenvalue weighted by atomic mass is 9.67. The van der Waals surface area contributed by atoms with Crippen LogP contribution in [0.2, 0.25) is 0 Å². The van der Waals surface area contributed by atoms with Crippen LogP contribution < -0.4 is 0 Å². The largest absolute Gasteiger partial charge is 0.308 e. The van der Waals surface area contributed by atoms with Crippen molar-refractivity contribution in [3.05, 3.63) is 93.0 Å². The monoisotopic (exact) mass is 860 g/mol. The molecular formula is C62H56N2O2. The molecule has 4 nitrogen and oxygen atoms in total. The summed E-state index contributed by atoms with van der Waals surface area (Å²) in [7, 11) is 0. The lowest BCUT2D eigenvalue weighted by Gasteiger charge is -2.38. The number of hydrogen-bond acceptors (Lipinski definition) is 2. The zero-order valence-corrected chi connectivity index (χ0v) is 38.1. The third kappa shape index (κ3) is 3.79. The second-order valence-electron chi connectivity index (χ2n) is 25.4. The standard InChI is InChI=1S/C62H56N2O2/c65-59-41-25-47-43(23-37(41)27-61(59)9-1-2-10-61)51-55-54-46(8-6-40-34-17-31-14-32(18-34)22-36(21-31)50(40)54)64-48-26-42-38(28-62(60(42)66)11-3-4-12-62)24-44(48)52(58(55)64)56-53-45(63(47)57(51)56)7-5-39-33-15-29-13-30(16-33)20-35(19-29)49(39)53/h5-8,23-26,29-36H,1-4,9-22,27-28H2. The van der Waals surface area contributed by atoms with Crippen LogP contribution in [0.5, 0.6) is 0 Å². The molecule has 4 heterocycles. The van der Waals surface area contributed by atoms with Gasteiger partial charge in [0.15, 0.2) is 11.6 Å². The minimum atomic E-state index is -0.200. The van der Waals surface area contributed by atoms with Gasteiger partial charge in [-0.15, -0.1) is 0 Å². The molecule has 0 amide bonds. The van der Waals surface area contributed by atoms with Crippen molar-refractivity contribution in [3.8, 4) is 0 Å². The molecule has 4 atom stereocenters. The van der Waals surface area contributed by atoms with E-state index in [-0.39, 0.29) is 10.8 Å². The fraction of sp³-hybridized carbons (Fsp3) is 0.484. The summed E-state index contributed by atoms with van der Waals surface area (Å²) < 4.78 is 5.46. The van der Waals surface area contributed by atoms with Crippen LogP contribution >= 0.6 is 0 Å². The van der Waals surface area contributed by atoms with Gasteiger partial charge in [0.25, 0.3) is 0 Å². The van der Waals surface area contributed by atoms with Gasteiger partial charge in [0.1, 0.15) is 0 Å². The smallest absolute Gasteiger partial charge is 0.169 e. The van der Waals surface area contributed by atoms with E-state index in [1.54, 1.807) is 22.3 Å². The Kier molecular flexibility index (Phi) is 5.95. The molecule has 4 unspecified atom stereocenters. The van der Waals surface area contributed by atoms with Crippen molar-refractivity contribution in [2.75, 3.05) is 0 Å². The van der Waals surface area contributed by atoms with Gasteiger partial charge in [0.2, 0.25) is 0 Å². The number of nitrogens with zero attached hydrogens (tertiary/aromatic N) is 2. The molecule has 12 aliphatic carbocycles. The summed E-state index contributed by atoms with van der Waals surface area (Å²) in [5.41, 5.74) is 19.0. The van der Waals surface area contributed by atoms with Gasteiger partial charge < -0.3 is 8.80 Å². The molecule has 6 saturated carbocycles.